The number of hydrogen-bond acceptors (Lipinski definition) is 3. The Labute approximate surface area is 113 Å². The first-order valence-electron chi connectivity index (χ1n) is 6.46. The first-order valence-corrected chi connectivity index (χ1v) is 6.46. The molecule has 4 heteroatoms. The van der Waals surface area contributed by atoms with Gasteiger partial charge < -0.3 is 5.73 Å². The van der Waals surface area contributed by atoms with Crippen LogP contribution in [0.3, 0.4) is 0 Å². The van der Waals surface area contributed by atoms with Gasteiger partial charge in [0.2, 0.25) is 0 Å². The van der Waals surface area contributed by atoms with Gasteiger partial charge in [-0.05, 0) is 18.9 Å². The first-order chi connectivity index (χ1) is 9.15. The predicted molar refractivity (Wildman–Crippen MR) is 75.6 cm³/mol. The third-order valence-corrected chi connectivity index (χ3v) is 3.12. The number of hydrogen-bond donors (Lipinski definition) is 1. The van der Waals surface area contributed by atoms with E-state index in [-0.39, 0.29) is 0 Å². The third kappa shape index (κ3) is 2.76. The van der Waals surface area contributed by atoms with Gasteiger partial charge in [0.15, 0.2) is 0 Å². The van der Waals surface area contributed by atoms with Crippen LogP contribution in [0.5, 0.6) is 0 Å². The van der Waals surface area contributed by atoms with E-state index in [9.17, 15) is 0 Å². The Hall–Kier alpha value is -2.28. The molecule has 4 nitrogen and oxygen atoms in total. The lowest BCUT2D eigenvalue weighted by Crippen LogP contribution is -2.06. The van der Waals surface area contributed by atoms with Gasteiger partial charge in [-0.25, -0.2) is 4.68 Å². The summed E-state index contributed by atoms with van der Waals surface area (Å²) in [6, 6.07) is 10.4. The van der Waals surface area contributed by atoms with Gasteiger partial charge in [-0.3, -0.25) is 0 Å². The number of anilines is 1. The van der Waals surface area contributed by atoms with Crippen molar-refractivity contribution in [2.24, 2.45) is 0 Å². The summed E-state index contributed by atoms with van der Waals surface area (Å²) < 4.78 is 1.72. The number of aryl methyl sites for hydroxylation is 2. The molecule has 98 valence electrons. The van der Waals surface area contributed by atoms with E-state index >= 15 is 0 Å². The van der Waals surface area contributed by atoms with Gasteiger partial charge in [-0.1, -0.05) is 43.2 Å². The zero-order chi connectivity index (χ0) is 13.8. The summed E-state index contributed by atoms with van der Waals surface area (Å²) in [7, 11) is 0. The van der Waals surface area contributed by atoms with Crippen LogP contribution >= 0.6 is 0 Å². The van der Waals surface area contributed by atoms with E-state index in [0.29, 0.717) is 17.9 Å². The summed E-state index contributed by atoms with van der Waals surface area (Å²) in [5.41, 5.74) is 9.68. The predicted octanol–water partition coefficient (Wildman–Crippen LogP) is 2.65. The molecule has 0 fully saturated rings. The summed E-state index contributed by atoms with van der Waals surface area (Å²) in [5, 5.41) is 13.6. The zero-order valence-corrected chi connectivity index (χ0v) is 11.3. The first kappa shape index (κ1) is 13.2. The minimum Gasteiger partial charge on any atom is -0.383 e. The van der Waals surface area contributed by atoms with Gasteiger partial charge >= 0.3 is 0 Å². The van der Waals surface area contributed by atoms with Gasteiger partial charge in [0.25, 0.3) is 0 Å². The van der Waals surface area contributed by atoms with E-state index in [1.54, 1.807) is 4.68 Å². The molecular weight excluding hydrogens is 236 g/mol. The number of aromatic nitrogens is 2. The van der Waals surface area contributed by atoms with Gasteiger partial charge in [0, 0.05) is 0 Å². The van der Waals surface area contributed by atoms with Crippen LogP contribution in [0.15, 0.2) is 24.3 Å². The average Bonchev–Trinajstić information content (AvgIpc) is 2.69. The quantitative estimate of drug-likeness (QED) is 0.912. The van der Waals surface area contributed by atoms with Gasteiger partial charge in [-0.15, -0.1) is 0 Å². The van der Waals surface area contributed by atoms with Crippen LogP contribution in [0, 0.1) is 18.3 Å². The van der Waals surface area contributed by atoms with Crippen molar-refractivity contribution in [3.8, 4) is 6.07 Å². The number of nitriles is 1. The summed E-state index contributed by atoms with van der Waals surface area (Å²) in [6.45, 7) is 4.72. The summed E-state index contributed by atoms with van der Waals surface area (Å²) >= 11 is 0. The monoisotopic (exact) mass is 254 g/mol. The van der Waals surface area contributed by atoms with Crippen LogP contribution in [0.25, 0.3) is 0 Å². The molecule has 19 heavy (non-hydrogen) atoms. The number of nitrogen functional groups attached to an aromatic ring is 1. The highest BCUT2D eigenvalue weighted by molar-refractivity contribution is 5.52. The molecule has 0 aliphatic rings. The largest absolute Gasteiger partial charge is 0.383 e. The molecule has 0 unspecified atom stereocenters. The minimum absolute atomic E-state index is 0.464. The van der Waals surface area contributed by atoms with Crippen LogP contribution in [0.4, 0.5) is 5.82 Å². The van der Waals surface area contributed by atoms with E-state index < -0.39 is 0 Å². The highest BCUT2D eigenvalue weighted by atomic mass is 15.3. The van der Waals surface area contributed by atoms with Crippen LogP contribution in [-0.2, 0) is 13.0 Å². The van der Waals surface area contributed by atoms with Gasteiger partial charge in [0.1, 0.15) is 17.5 Å². The molecule has 1 aromatic heterocycles. The fourth-order valence-electron chi connectivity index (χ4n) is 2.05. The molecule has 0 bridgehead atoms. The highest BCUT2D eigenvalue weighted by Gasteiger charge is 2.14. The van der Waals surface area contributed by atoms with Crippen molar-refractivity contribution in [1.29, 1.82) is 5.26 Å². The number of nitrogens with zero attached hydrogens (tertiary/aromatic N) is 3. The SMILES string of the molecule is CCCc1nn(Cc2ccc(C)cc2)c(N)c1C#N. The van der Waals surface area contributed by atoms with Crippen molar-refractivity contribution in [3.05, 3.63) is 46.6 Å². The molecule has 0 saturated heterocycles. The maximum Gasteiger partial charge on any atom is 0.140 e. The maximum atomic E-state index is 9.16. The summed E-state index contributed by atoms with van der Waals surface area (Å²) in [6.07, 6.45) is 1.74. The lowest BCUT2D eigenvalue weighted by Gasteiger charge is -2.04. The van der Waals surface area contributed by atoms with Crippen LogP contribution in [-0.4, -0.2) is 9.78 Å². The molecule has 2 aromatic rings. The van der Waals surface area contributed by atoms with E-state index in [2.05, 4.69) is 49.3 Å². The van der Waals surface area contributed by atoms with Gasteiger partial charge in [0.05, 0.1) is 12.2 Å². The fraction of sp³-hybridized carbons (Fsp3) is 0.333. The molecule has 0 saturated carbocycles. The fourth-order valence-corrected chi connectivity index (χ4v) is 2.05. The van der Waals surface area contributed by atoms with Crippen LogP contribution in [0.1, 0.15) is 35.7 Å². The average molecular weight is 254 g/mol. The van der Waals surface area contributed by atoms with E-state index in [1.807, 2.05) is 0 Å². The molecule has 0 radical (unpaired) electrons. The van der Waals surface area contributed by atoms with Crippen LogP contribution < -0.4 is 5.73 Å². The van der Waals surface area contributed by atoms with E-state index in [1.165, 1.54) is 5.56 Å². The Morgan fingerprint density at radius 1 is 1.32 bits per heavy atom. The van der Waals surface area contributed by atoms with Crippen molar-refractivity contribution in [2.45, 2.75) is 33.2 Å². The number of benzene rings is 1. The molecule has 0 spiro atoms. The highest BCUT2D eigenvalue weighted by Crippen LogP contribution is 2.18. The van der Waals surface area contributed by atoms with Crippen molar-refractivity contribution in [3.63, 3.8) is 0 Å². The molecule has 0 aliphatic carbocycles. The zero-order valence-electron chi connectivity index (χ0n) is 11.3. The second kappa shape index (κ2) is 5.57. The molecule has 2 rings (SSSR count). The van der Waals surface area contributed by atoms with Crippen LogP contribution in [0.2, 0.25) is 0 Å². The Bertz CT molecular complexity index is 602. The maximum absolute atomic E-state index is 9.16. The van der Waals surface area contributed by atoms with Crippen molar-refractivity contribution < 1.29 is 0 Å². The topological polar surface area (TPSA) is 67.6 Å². The van der Waals surface area contributed by atoms with E-state index in [0.717, 1.165) is 24.1 Å². The number of rotatable bonds is 4. The molecule has 1 heterocycles. The van der Waals surface area contributed by atoms with Crippen molar-refractivity contribution >= 4 is 5.82 Å². The Morgan fingerprint density at radius 2 is 2.00 bits per heavy atom. The van der Waals surface area contributed by atoms with Gasteiger partial charge in [-0.2, -0.15) is 10.4 Å². The molecule has 0 amide bonds. The molecule has 1 aromatic carbocycles. The third-order valence-electron chi connectivity index (χ3n) is 3.12. The van der Waals surface area contributed by atoms with Crippen molar-refractivity contribution in [1.82, 2.24) is 9.78 Å². The second-order valence-electron chi connectivity index (χ2n) is 4.71. The second-order valence-corrected chi connectivity index (χ2v) is 4.71. The molecule has 0 aliphatic heterocycles. The molecule has 2 N–H and O–H groups in total. The Kier molecular flexibility index (Phi) is 3.86. The van der Waals surface area contributed by atoms with Crippen molar-refractivity contribution in [2.75, 3.05) is 5.73 Å². The Morgan fingerprint density at radius 3 is 2.58 bits per heavy atom. The lowest BCUT2D eigenvalue weighted by molar-refractivity contribution is 0.676. The normalized spacial score (nSPS) is 10.4. The standard InChI is InChI=1S/C15H18N4/c1-3-4-14-13(9-16)15(17)19(18-14)10-12-7-5-11(2)6-8-12/h5-8H,3-4,10,17H2,1-2H3. The van der Waals surface area contributed by atoms with E-state index in [4.69, 9.17) is 11.0 Å². The Balaban J connectivity index is 2.30. The molecule has 0 atom stereocenters. The summed E-state index contributed by atoms with van der Waals surface area (Å²) in [5.74, 6) is 0.464. The number of nitrogens with two attached hydrogens (primary N) is 1. The smallest absolute Gasteiger partial charge is 0.140 e. The lowest BCUT2D eigenvalue weighted by atomic mass is 10.1. The molecular formula is C15H18N4. The summed E-state index contributed by atoms with van der Waals surface area (Å²) in [4.78, 5) is 0. The minimum atomic E-state index is 0.464.